The van der Waals surface area contributed by atoms with Crippen molar-refractivity contribution in [2.24, 2.45) is 4.99 Å². The fourth-order valence-electron chi connectivity index (χ4n) is 3.29. The number of nitrogens with one attached hydrogen (secondary N) is 1. The van der Waals surface area contributed by atoms with Crippen LogP contribution in [0.2, 0.25) is 5.02 Å². The van der Waals surface area contributed by atoms with Gasteiger partial charge in [0.1, 0.15) is 5.70 Å². The van der Waals surface area contributed by atoms with Crippen LogP contribution in [0.25, 0.3) is 6.08 Å². The van der Waals surface area contributed by atoms with Crippen LogP contribution in [0.4, 0.5) is 0 Å². The topological polar surface area (TPSA) is 61.8 Å². The van der Waals surface area contributed by atoms with Crippen LogP contribution in [0.3, 0.4) is 0 Å². The largest absolute Gasteiger partial charge is 0.353 e. The molecule has 0 atom stereocenters. The molecule has 1 aromatic carbocycles. The fraction of sp³-hybridized carbons (Fsp3) is 0.381. The second-order valence-corrected chi connectivity index (χ2v) is 8.25. The van der Waals surface area contributed by atoms with E-state index in [1.54, 1.807) is 29.2 Å². The number of aliphatic imine (C=N–C) groups is 1. The molecule has 148 valence electrons. The van der Waals surface area contributed by atoms with E-state index in [1.165, 1.54) is 31.0 Å². The number of carbonyl (C=O) groups excluding carboxylic acids is 2. The molecule has 1 heterocycles. The summed E-state index contributed by atoms with van der Waals surface area (Å²) < 4.78 is 0. The Kier molecular flexibility index (Phi) is 7.34. The Balaban J connectivity index is 1.66. The van der Waals surface area contributed by atoms with Crippen molar-refractivity contribution in [1.82, 2.24) is 10.2 Å². The Labute approximate surface area is 174 Å². The van der Waals surface area contributed by atoms with Gasteiger partial charge < -0.3 is 5.32 Å². The maximum absolute atomic E-state index is 12.7. The molecule has 1 aliphatic heterocycles. The molecule has 1 aliphatic carbocycles. The van der Waals surface area contributed by atoms with Gasteiger partial charge in [0.25, 0.3) is 5.91 Å². The predicted octanol–water partition coefficient (Wildman–Crippen LogP) is 4.25. The molecule has 7 heteroatoms. The van der Waals surface area contributed by atoms with Gasteiger partial charge in [-0.15, -0.1) is 6.58 Å². The van der Waals surface area contributed by atoms with E-state index in [2.05, 4.69) is 16.9 Å². The van der Waals surface area contributed by atoms with Gasteiger partial charge in [0, 0.05) is 17.6 Å². The smallest absolute Gasteiger partial charge is 0.278 e. The van der Waals surface area contributed by atoms with E-state index in [4.69, 9.17) is 11.6 Å². The lowest BCUT2D eigenvalue weighted by Crippen LogP contribution is -2.38. The van der Waals surface area contributed by atoms with Crippen molar-refractivity contribution in [3.63, 3.8) is 0 Å². The van der Waals surface area contributed by atoms with Crippen molar-refractivity contribution in [3.8, 4) is 0 Å². The van der Waals surface area contributed by atoms with Gasteiger partial charge in [0.2, 0.25) is 5.91 Å². The van der Waals surface area contributed by atoms with Gasteiger partial charge in [0.15, 0.2) is 5.17 Å². The Bertz CT molecular complexity index is 798. The number of halogens is 1. The average Bonchev–Trinajstić information content (AvgIpc) is 2.98. The zero-order valence-corrected chi connectivity index (χ0v) is 17.3. The van der Waals surface area contributed by atoms with Crippen LogP contribution in [0.5, 0.6) is 0 Å². The van der Waals surface area contributed by atoms with Crippen molar-refractivity contribution in [2.75, 3.05) is 12.3 Å². The standard InChI is InChI=1S/C21H24ClN3O2S/c1-2-12-25-20(27)18(13-15-8-10-16(22)11-9-15)24-21(25)28-14-19(26)23-17-6-4-3-5-7-17/h2,8-11,13,17H,1,3-7,12,14H2,(H,23,26). The zero-order chi connectivity index (χ0) is 19.9. The molecule has 0 radical (unpaired) electrons. The molecule has 0 saturated heterocycles. The second kappa shape index (κ2) is 9.94. The second-order valence-electron chi connectivity index (χ2n) is 6.87. The van der Waals surface area contributed by atoms with Crippen LogP contribution < -0.4 is 5.32 Å². The summed E-state index contributed by atoms with van der Waals surface area (Å²) in [6.45, 7) is 4.07. The highest BCUT2D eigenvalue weighted by molar-refractivity contribution is 8.14. The maximum atomic E-state index is 12.7. The molecule has 0 spiro atoms. The summed E-state index contributed by atoms with van der Waals surface area (Å²) in [6.07, 6.45) is 9.07. The molecule has 0 unspecified atom stereocenters. The van der Waals surface area contributed by atoms with Crippen molar-refractivity contribution in [3.05, 3.63) is 53.2 Å². The van der Waals surface area contributed by atoms with Crippen LogP contribution in [0, 0.1) is 0 Å². The van der Waals surface area contributed by atoms with E-state index in [0.717, 1.165) is 18.4 Å². The quantitative estimate of drug-likeness (QED) is 0.556. The van der Waals surface area contributed by atoms with Crippen LogP contribution in [0.1, 0.15) is 37.7 Å². The highest BCUT2D eigenvalue weighted by atomic mass is 35.5. The van der Waals surface area contributed by atoms with E-state index in [9.17, 15) is 9.59 Å². The number of thioether (sulfide) groups is 1. The summed E-state index contributed by atoms with van der Waals surface area (Å²) in [4.78, 5) is 31.0. The number of benzene rings is 1. The van der Waals surface area contributed by atoms with Crippen LogP contribution in [-0.2, 0) is 9.59 Å². The first-order chi connectivity index (χ1) is 13.6. The molecule has 3 rings (SSSR count). The molecule has 1 N–H and O–H groups in total. The summed E-state index contributed by atoms with van der Waals surface area (Å²) in [6, 6.07) is 7.48. The lowest BCUT2D eigenvalue weighted by Gasteiger charge is -2.22. The van der Waals surface area contributed by atoms with E-state index < -0.39 is 0 Å². The number of amides is 2. The summed E-state index contributed by atoms with van der Waals surface area (Å²) >= 11 is 7.19. The minimum absolute atomic E-state index is 0.0132. The minimum atomic E-state index is -0.190. The highest BCUT2D eigenvalue weighted by Crippen LogP contribution is 2.25. The summed E-state index contributed by atoms with van der Waals surface area (Å²) in [7, 11) is 0. The summed E-state index contributed by atoms with van der Waals surface area (Å²) in [5, 5.41) is 4.26. The van der Waals surface area contributed by atoms with Gasteiger partial charge in [-0.05, 0) is 36.6 Å². The Morgan fingerprint density at radius 3 is 2.68 bits per heavy atom. The molecular formula is C21H24ClN3O2S. The monoisotopic (exact) mass is 417 g/mol. The fourth-order valence-corrected chi connectivity index (χ4v) is 4.24. The van der Waals surface area contributed by atoms with Crippen molar-refractivity contribution in [1.29, 1.82) is 0 Å². The van der Waals surface area contributed by atoms with Crippen LogP contribution in [-0.4, -0.2) is 40.2 Å². The lowest BCUT2D eigenvalue weighted by atomic mass is 9.95. The normalized spacial score (nSPS) is 19.0. The molecule has 1 aromatic rings. The molecule has 0 bridgehead atoms. The molecule has 1 saturated carbocycles. The zero-order valence-electron chi connectivity index (χ0n) is 15.7. The molecule has 5 nitrogen and oxygen atoms in total. The van der Waals surface area contributed by atoms with Crippen LogP contribution >= 0.6 is 23.4 Å². The van der Waals surface area contributed by atoms with Gasteiger partial charge in [0.05, 0.1) is 5.75 Å². The number of carbonyl (C=O) groups is 2. The van der Waals surface area contributed by atoms with Gasteiger partial charge in [-0.3, -0.25) is 14.5 Å². The number of hydrogen-bond acceptors (Lipinski definition) is 4. The number of amidine groups is 1. The SMILES string of the molecule is C=CCN1C(=O)C(=Cc2ccc(Cl)cc2)N=C1SCC(=O)NC1CCCCC1. The Morgan fingerprint density at radius 1 is 1.29 bits per heavy atom. The Morgan fingerprint density at radius 2 is 2.00 bits per heavy atom. The first-order valence-corrected chi connectivity index (χ1v) is 10.8. The van der Waals surface area contributed by atoms with Gasteiger partial charge in [-0.2, -0.15) is 0 Å². The average molecular weight is 418 g/mol. The Hall–Kier alpha value is -2.05. The molecule has 2 amide bonds. The summed E-state index contributed by atoms with van der Waals surface area (Å²) in [5.41, 5.74) is 1.19. The number of hydrogen-bond donors (Lipinski definition) is 1. The van der Waals surface area contributed by atoms with Crippen molar-refractivity contribution in [2.45, 2.75) is 38.1 Å². The van der Waals surface area contributed by atoms with Crippen molar-refractivity contribution < 1.29 is 9.59 Å². The lowest BCUT2D eigenvalue weighted by molar-refractivity contribution is -0.122. The maximum Gasteiger partial charge on any atom is 0.278 e. The molecule has 1 fully saturated rings. The molecular weight excluding hydrogens is 394 g/mol. The highest BCUT2D eigenvalue weighted by Gasteiger charge is 2.30. The van der Waals surface area contributed by atoms with Gasteiger partial charge in [-0.25, -0.2) is 4.99 Å². The molecule has 2 aliphatic rings. The number of nitrogens with zero attached hydrogens (tertiary/aromatic N) is 2. The predicted molar refractivity (Wildman–Crippen MR) is 116 cm³/mol. The molecule has 28 heavy (non-hydrogen) atoms. The van der Waals surface area contributed by atoms with E-state index in [1.807, 2.05) is 12.1 Å². The first kappa shape index (κ1) is 20.7. The summed E-state index contributed by atoms with van der Waals surface area (Å²) in [5.74, 6) is 0.0376. The van der Waals surface area contributed by atoms with Gasteiger partial charge >= 0.3 is 0 Å². The first-order valence-electron chi connectivity index (χ1n) is 9.47. The minimum Gasteiger partial charge on any atom is -0.353 e. The van der Waals surface area contributed by atoms with E-state index in [-0.39, 0.29) is 23.6 Å². The van der Waals surface area contributed by atoms with E-state index in [0.29, 0.717) is 22.4 Å². The van der Waals surface area contributed by atoms with Gasteiger partial charge in [-0.1, -0.05) is 60.8 Å². The number of rotatable bonds is 6. The third kappa shape index (κ3) is 5.49. The third-order valence-electron chi connectivity index (χ3n) is 4.70. The van der Waals surface area contributed by atoms with E-state index >= 15 is 0 Å². The van der Waals surface area contributed by atoms with Crippen LogP contribution in [0.15, 0.2) is 47.6 Å². The molecule has 0 aromatic heterocycles. The van der Waals surface area contributed by atoms with Crippen molar-refractivity contribution >= 4 is 46.4 Å². The third-order valence-corrected chi connectivity index (χ3v) is 5.93.